The Hall–Kier alpha value is -2.58. The number of nitrogens with zero attached hydrogens (tertiary/aromatic N) is 1. The van der Waals surface area contributed by atoms with Gasteiger partial charge < -0.3 is 24.5 Å². The highest BCUT2D eigenvalue weighted by Gasteiger charge is 2.14. The summed E-state index contributed by atoms with van der Waals surface area (Å²) in [5.41, 5.74) is 2.14. The van der Waals surface area contributed by atoms with Crippen molar-refractivity contribution in [3.05, 3.63) is 35.4 Å². The van der Waals surface area contributed by atoms with Gasteiger partial charge in [-0.15, -0.1) is 0 Å². The van der Waals surface area contributed by atoms with Crippen LogP contribution in [-0.2, 0) is 4.79 Å². The Balaban J connectivity index is 1.68. The van der Waals surface area contributed by atoms with Crippen molar-refractivity contribution in [1.29, 1.82) is 0 Å². The number of halogens is 1. The van der Waals surface area contributed by atoms with Crippen LogP contribution in [0.3, 0.4) is 0 Å². The number of methoxy groups -OCH3 is 3. The SMILES string of the molecule is COc1ccc2nc(SCC(=O)Nc3cc(OC)c(Cl)cc3OC)[nH]c2c1. The summed E-state index contributed by atoms with van der Waals surface area (Å²) in [5, 5.41) is 3.85. The van der Waals surface area contributed by atoms with E-state index >= 15 is 0 Å². The number of H-pyrrole nitrogens is 1. The zero-order valence-electron chi connectivity index (χ0n) is 15.0. The number of hydrogen-bond acceptors (Lipinski definition) is 6. The highest BCUT2D eigenvalue weighted by molar-refractivity contribution is 7.99. The van der Waals surface area contributed by atoms with Gasteiger partial charge >= 0.3 is 0 Å². The summed E-state index contributed by atoms with van der Waals surface area (Å²) < 4.78 is 15.6. The Morgan fingerprint density at radius 1 is 1.15 bits per heavy atom. The van der Waals surface area contributed by atoms with Crippen molar-refractivity contribution < 1.29 is 19.0 Å². The van der Waals surface area contributed by atoms with Crippen LogP contribution in [0.1, 0.15) is 0 Å². The van der Waals surface area contributed by atoms with Gasteiger partial charge in [0.15, 0.2) is 5.16 Å². The summed E-state index contributed by atoms with van der Waals surface area (Å²) in [5.74, 6) is 1.61. The second-order valence-electron chi connectivity index (χ2n) is 5.45. The van der Waals surface area contributed by atoms with Gasteiger partial charge in [0.2, 0.25) is 5.91 Å². The van der Waals surface area contributed by atoms with E-state index in [1.807, 2.05) is 18.2 Å². The lowest BCUT2D eigenvalue weighted by Crippen LogP contribution is -2.15. The molecule has 0 spiro atoms. The molecule has 0 radical (unpaired) electrons. The molecule has 0 saturated heterocycles. The second-order valence-corrected chi connectivity index (χ2v) is 6.82. The molecule has 0 unspecified atom stereocenters. The Morgan fingerprint density at radius 3 is 2.63 bits per heavy atom. The van der Waals surface area contributed by atoms with Gasteiger partial charge in [-0.05, 0) is 12.1 Å². The Bertz CT molecular complexity index is 977. The maximum absolute atomic E-state index is 12.3. The zero-order valence-corrected chi connectivity index (χ0v) is 16.5. The quantitative estimate of drug-likeness (QED) is 0.576. The minimum atomic E-state index is -0.208. The third kappa shape index (κ3) is 4.40. The van der Waals surface area contributed by atoms with Crippen molar-refractivity contribution in [2.45, 2.75) is 5.16 Å². The molecule has 1 amide bonds. The predicted molar refractivity (Wildman–Crippen MR) is 107 cm³/mol. The lowest BCUT2D eigenvalue weighted by Gasteiger charge is -2.12. The van der Waals surface area contributed by atoms with Crippen LogP contribution in [0.15, 0.2) is 35.5 Å². The number of benzene rings is 2. The Kier molecular flexibility index (Phi) is 5.98. The molecular formula is C18H18ClN3O4S. The largest absolute Gasteiger partial charge is 0.497 e. The average Bonchev–Trinajstić information content (AvgIpc) is 3.09. The van der Waals surface area contributed by atoms with E-state index in [0.717, 1.165) is 16.8 Å². The molecule has 0 aliphatic carbocycles. The average molecular weight is 408 g/mol. The molecule has 9 heteroatoms. The number of nitrogens with one attached hydrogen (secondary N) is 2. The smallest absolute Gasteiger partial charge is 0.234 e. The number of aromatic amines is 1. The number of amides is 1. The van der Waals surface area contributed by atoms with Crippen molar-refractivity contribution >= 4 is 46.0 Å². The molecule has 0 aliphatic rings. The number of carbonyl (C=O) groups excluding carboxylic acids is 1. The number of fused-ring (bicyclic) bond motifs is 1. The number of carbonyl (C=O) groups is 1. The van der Waals surface area contributed by atoms with Gasteiger partial charge in [-0.2, -0.15) is 0 Å². The summed E-state index contributed by atoms with van der Waals surface area (Å²) in [6, 6.07) is 8.77. The highest BCUT2D eigenvalue weighted by Crippen LogP contribution is 2.36. The van der Waals surface area contributed by atoms with E-state index in [1.54, 1.807) is 19.2 Å². The molecule has 0 aliphatic heterocycles. The molecule has 3 aromatic rings. The van der Waals surface area contributed by atoms with Crippen LogP contribution < -0.4 is 19.5 Å². The van der Waals surface area contributed by atoms with Gasteiger partial charge in [0, 0.05) is 18.2 Å². The molecule has 0 saturated carbocycles. The molecule has 2 aromatic carbocycles. The molecule has 27 heavy (non-hydrogen) atoms. The minimum absolute atomic E-state index is 0.172. The Labute approximate surface area is 165 Å². The van der Waals surface area contributed by atoms with Crippen LogP contribution in [0.5, 0.6) is 17.2 Å². The van der Waals surface area contributed by atoms with Gasteiger partial charge in [-0.25, -0.2) is 4.98 Å². The molecular weight excluding hydrogens is 390 g/mol. The van der Waals surface area contributed by atoms with E-state index in [4.69, 9.17) is 25.8 Å². The maximum Gasteiger partial charge on any atom is 0.234 e. The molecule has 7 nitrogen and oxygen atoms in total. The number of imidazole rings is 1. The minimum Gasteiger partial charge on any atom is -0.497 e. The monoisotopic (exact) mass is 407 g/mol. The first-order chi connectivity index (χ1) is 13.0. The van der Waals surface area contributed by atoms with Crippen molar-refractivity contribution in [1.82, 2.24) is 9.97 Å². The highest BCUT2D eigenvalue weighted by atomic mass is 35.5. The van der Waals surface area contributed by atoms with Crippen molar-refractivity contribution in [3.8, 4) is 17.2 Å². The van der Waals surface area contributed by atoms with E-state index in [2.05, 4.69) is 15.3 Å². The molecule has 142 valence electrons. The van der Waals surface area contributed by atoms with Crippen LogP contribution in [0, 0.1) is 0 Å². The third-order valence-corrected chi connectivity index (χ3v) is 4.92. The number of thioether (sulfide) groups is 1. The number of hydrogen-bond donors (Lipinski definition) is 2. The predicted octanol–water partition coefficient (Wildman–Crippen LogP) is 3.97. The molecule has 0 bridgehead atoms. The lowest BCUT2D eigenvalue weighted by molar-refractivity contribution is -0.113. The molecule has 0 atom stereocenters. The van der Waals surface area contributed by atoms with Gasteiger partial charge in [-0.3, -0.25) is 4.79 Å². The summed E-state index contributed by atoms with van der Waals surface area (Å²) in [4.78, 5) is 19.9. The molecule has 3 rings (SSSR count). The summed E-state index contributed by atoms with van der Waals surface area (Å²) >= 11 is 7.37. The Morgan fingerprint density at radius 2 is 1.93 bits per heavy atom. The molecule has 0 fully saturated rings. The van der Waals surface area contributed by atoms with E-state index < -0.39 is 0 Å². The van der Waals surface area contributed by atoms with Gasteiger partial charge in [-0.1, -0.05) is 23.4 Å². The number of aromatic nitrogens is 2. The number of anilines is 1. The first-order valence-corrected chi connectivity index (χ1v) is 9.28. The van der Waals surface area contributed by atoms with E-state index in [9.17, 15) is 4.79 Å². The van der Waals surface area contributed by atoms with Crippen LogP contribution in [0.2, 0.25) is 5.02 Å². The van der Waals surface area contributed by atoms with Crippen molar-refractivity contribution in [3.63, 3.8) is 0 Å². The van der Waals surface area contributed by atoms with E-state index in [-0.39, 0.29) is 11.7 Å². The van der Waals surface area contributed by atoms with E-state index in [1.165, 1.54) is 26.0 Å². The van der Waals surface area contributed by atoms with Gasteiger partial charge in [0.25, 0.3) is 0 Å². The standard InChI is InChI=1S/C18H18ClN3O4S/c1-24-10-4-5-12-13(6-10)22-18(21-12)27-9-17(23)20-14-8-15(25-2)11(19)7-16(14)26-3/h4-8H,9H2,1-3H3,(H,20,23)(H,21,22). The van der Waals surface area contributed by atoms with E-state index in [0.29, 0.717) is 27.4 Å². The normalized spacial score (nSPS) is 10.7. The summed E-state index contributed by atoms with van der Waals surface area (Å²) in [6.07, 6.45) is 0. The van der Waals surface area contributed by atoms with Gasteiger partial charge in [0.05, 0.1) is 48.8 Å². The fraction of sp³-hybridized carbons (Fsp3) is 0.222. The summed E-state index contributed by atoms with van der Waals surface area (Å²) in [7, 11) is 4.62. The van der Waals surface area contributed by atoms with Crippen LogP contribution in [-0.4, -0.2) is 43.0 Å². The van der Waals surface area contributed by atoms with Crippen LogP contribution in [0.25, 0.3) is 11.0 Å². The maximum atomic E-state index is 12.3. The molecule has 1 aromatic heterocycles. The fourth-order valence-electron chi connectivity index (χ4n) is 2.44. The number of rotatable bonds is 7. The van der Waals surface area contributed by atoms with Crippen molar-refractivity contribution in [2.24, 2.45) is 0 Å². The fourth-order valence-corrected chi connectivity index (χ4v) is 3.35. The topological polar surface area (TPSA) is 85.5 Å². The molecule has 1 heterocycles. The van der Waals surface area contributed by atoms with Gasteiger partial charge in [0.1, 0.15) is 17.2 Å². The second kappa shape index (κ2) is 8.41. The zero-order chi connectivity index (χ0) is 19.4. The first kappa shape index (κ1) is 19.2. The van der Waals surface area contributed by atoms with Crippen LogP contribution in [0.4, 0.5) is 5.69 Å². The van der Waals surface area contributed by atoms with Crippen LogP contribution >= 0.6 is 23.4 Å². The van der Waals surface area contributed by atoms with Crippen molar-refractivity contribution in [2.75, 3.05) is 32.4 Å². The summed E-state index contributed by atoms with van der Waals surface area (Å²) in [6.45, 7) is 0. The third-order valence-electron chi connectivity index (χ3n) is 3.76. The number of ether oxygens (including phenoxy) is 3. The first-order valence-electron chi connectivity index (χ1n) is 7.92. The molecule has 2 N–H and O–H groups in total. The lowest BCUT2D eigenvalue weighted by atomic mass is 10.2.